The van der Waals surface area contributed by atoms with Crippen LogP contribution in [0.5, 0.6) is 0 Å². The van der Waals surface area contributed by atoms with E-state index in [0.29, 0.717) is 0 Å². The first-order valence-corrected chi connectivity index (χ1v) is 9.17. The molecule has 0 atom stereocenters. The average molecular weight is 268 g/mol. The zero-order valence-corrected chi connectivity index (χ0v) is 13.4. The highest BCUT2D eigenvalue weighted by Crippen LogP contribution is 2.17. The smallest absolute Gasteiger partial charge is 0.00670 e. The van der Waals surface area contributed by atoms with E-state index in [2.05, 4.69) is 12.2 Å². The van der Waals surface area contributed by atoms with Gasteiger partial charge in [0.15, 0.2) is 0 Å². The van der Waals surface area contributed by atoms with Crippen molar-refractivity contribution in [2.45, 2.75) is 109 Å². The van der Waals surface area contributed by atoms with Crippen LogP contribution in [0.2, 0.25) is 0 Å². The Balaban J connectivity index is 1.91. The van der Waals surface area contributed by atoms with E-state index in [1.807, 2.05) is 0 Å². The Labute approximate surface area is 121 Å². The maximum absolute atomic E-state index is 3.82. The summed E-state index contributed by atoms with van der Waals surface area (Å²) in [6.45, 7) is 3.56. The molecule has 19 heavy (non-hydrogen) atoms. The zero-order valence-electron chi connectivity index (χ0n) is 13.4. The third-order valence-corrected chi connectivity index (χ3v) is 4.57. The molecule has 0 aromatic heterocycles. The highest BCUT2D eigenvalue weighted by Gasteiger charge is 2.09. The molecule has 1 rings (SSSR count). The molecule has 0 aromatic carbocycles. The van der Waals surface area contributed by atoms with Crippen LogP contribution < -0.4 is 5.32 Å². The molecule has 0 aliphatic heterocycles. The molecule has 0 saturated heterocycles. The van der Waals surface area contributed by atoms with Crippen molar-refractivity contribution in [2.24, 2.45) is 0 Å². The molecule has 1 aliphatic rings. The lowest BCUT2D eigenvalue weighted by molar-refractivity contribution is 0.425. The van der Waals surface area contributed by atoms with Crippen molar-refractivity contribution in [3.63, 3.8) is 0 Å². The van der Waals surface area contributed by atoms with Crippen molar-refractivity contribution in [1.29, 1.82) is 0 Å². The Morgan fingerprint density at radius 3 is 1.84 bits per heavy atom. The summed E-state index contributed by atoms with van der Waals surface area (Å²) in [5.41, 5.74) is 0. The lowest BCUT2D eigenvalue weighted by Crippen LogP contribution is -2.29. The first-order valence-electron chi connectivity index (χ1n) is 9.17. The summed E-state index contributed by atoms with van der Waals surface area (Å²) in [6.07, 6.45) is 21.6. The van der Waals surface area contributed by atoms with Crippen LogP contribution in [0.4, 0.5) is 0 Å². The van der Waals surface area contributed by atoms with Gasteiger partial charge in [-0.15, -0.1) is 0 Å². The van der Waals surface area contributed by atoms with Crippen LogP contribution >= 0.6 is 0 Å². The molecular formula is C18H37N. The third kappa shape index (κ3) is 10.4. The second-order valence-corrected chi connectivity index (χ2v) is 6.47. The second-order valence-electron chi connectivity index (χ2n) is 6.47. The Kier molecular flexibility index (Phi) is 11.6. The van der Waals surface area contributed by atoms with Crippen LogP contribution in [0.25, 0.3) is 0 Å². The zero-order chi connectivity index (χ0) is 13.6. The molecule has 1 saturated carbocycles. The van der Waals surface area contributed by atoms with Crippen LogP contribution in [-0.4, -0.2) is 12.6 Å². The summed E-state index contributed by atoms with van der Waals surface area (Å²) in [6, 6.07) is 0.832. The van der Waals surface area contributed by atoms with Gasteiger partial charge < -0.3 is 5.32 Å². The van der Waals surface area contributed by atoms with E-state index in [-0.39, 0.29) is 0 Å². The topological polar surface area (TPSA) is 12.0 Å². The van der Waals surface area contributed by atoms with E-state index < -0.39 is 0 Å². The lowest BCUT2D eigenvalue weighted by atomic mass is 10.0. The van der Waals surface area contributed by atoms with Crippen molar-refractivity contribution in [1.82, 2.24) is 5.32 Å². The number of hydrogen-bond acceptors (Lipinski definition) is 1. The van der Waals surface area contributed by atoms with Gasteiger partial charge in [-0.05, 0) is 25.8 Å². The van der Waals surface area contributed by atoms with E-state index in [0.717, 1.165) is 6.04 Å². The standard InChI is InChI=1S/C18H37N/c1-2-3-4-5-8-11-14-17-19-18-15-12-9-6-7-10-13-16-18/h18-19H,2-17H2,1H3. The summed E-state index contributed by atoms with van der Waals surface area (Å²) in [5.74, 6) is 0. The average Bonchev–Trinajstić information content (AvgIpc) is 2.55. The molecule has 1 aliphatic carbocycles. The Bertz CT molecular complexity index is 169. The monoisotopic (exact) mass is 267 g/mol. The van der Waals surface area contributed by atoms with Gasteiger partial charge in [0.2, 0.25) is 0 Å². The Hall–Kier alpha value is -0.0400. The predicted octanol–water partition coefficient (Wildman–Crippen LogP) is 5.83. The maximum Gasteiger partial charge on any atom is 0.00670 e. The summed E-state index contributed by atoms with van der Waals surface area (Å²) >= 11 is 0. The van der Waals surface area contributed by atoms with Crippen LogP contribution in [0.1, 0.15) is 103 Å². The van der Waals surface area contributed by atoms with Crippen molar-refractivity contribution in [3.05, 3.63) is 0 Å². The molecule has 114 valence electrons. The fourth-order valence-corrected chi connectivity index (χ4v) is 3.23. The summed E-state index contributed by atoms with van der Waals surface area (Å²) in [5, 5.41) is 3.82. The fraction of sp³-hybridized carbons (Fsp3) is 1.00. The molecule has 0 radical (unpaired) electrons. The van der Waals surface area contributed by atoms with E-state index >= 15 is 0 Å². The van der Waals surface area contributed by atoms with Crippen LogP contribution in [0.15, 0.2) is 0 Å². The van der Waals surface area contributed by atoms with Crippen molar-refractivity contribution in [2.75, 3.05) is 6.54 Å². The largest absolute Gasteiger partial charge is 0.314 e. The van der Waals surface area contributed by atoms with Gasteiger partial charge in [-0.3, -0.25) is 0 Å². The van der Waals surface area contributed by atoms with Gasteiger partial charge in [-0.2, -0.15) is 0 Å². The van der Waals surface area contributed by atoms with Crippen molar-refractivity contribution >= 4 is 0 Å². The molecule has 1 fully saturated rings. The SMILES string of the molecule is CCCCCCCCCNC1CCCCCCCC1. The van der Waals surface area contributed by atoms with Gasteiger partial charge >= 0.3 is 0 Å². The number of rotatable bonds is 9. The second kappa shape index (κ2) is 13.0. The van der Waals surface area contributed by atoms with E-state index in [1.165, 1.54) is 103 Å². The first-order chi connectivity index (χ1) is 9.43. The molecule has 1 heteroatoms. The van der Waals surface area contributed by atoms with Crippen LogP contribution in [-0.2, 0) is 0 Å². The normalized spacial score (nSPS) is 18.8. The Morgan fingerprint density at radius 2 is 1.21 bits per heavy atom. The van der Waals surface area contributed by atoms with Gasteiger partial charge in [-0.1, -0.05) is 84.0 Å². The summed E-state index contributed by atoms with van der Waals surface area (Å²) in [7, 11) is 0. The highest BCUT2D eigenvalue weighted by molar-refractivity contribution is 4.69. The van der Waals surface area contributed by atoms with E-state index in [9.17, 15) is 0 Å². The van der Waals surface area contributed by atoms with Crippen molar-refractivity contribution in [3.8, 4) is 0 Å². The van der Waals surface area contributed by atoms with Gasteiger partial charge in [-0.25, -0.2) is 0 Å². The van der Waals surface area contributed by atoms with E-state index in [4.69, 9.17) is 0 Å². The van der Waals surface area contributed by atoms with Gasteiger partial charge in [0, 0.05) is 6.04 Å². The summed E-state index contributed by atoms with van der Waals surface area (Å²) in [4.78, 5) is 0. The maximum atomic E-state index is 3.82. The van der Waals surface area contributed by atoms with Gasteiger partial charge in [0.05, 0.1) is 0 Å². The third-order valence-electron chi connectivity index (χ3n) is 4.57. The van der Waals surface area contributed by atoms with Gasteiger partial charge in [0.25, 0.3) is 0 Å². The summed E-state index contributed by atoms with van der Waals surface area (Å²) < 4.78 is 0. The number of unbranched alkanes of at least 4 members (excludes halogenated alkanes) is 6. The van der Waals surface area contributed by atoms with Crippen LogP contribution in [0, 0.1) is 0 Å². The molecule has 0 spiro atoms. The van der Waals surface area contributed by atoms with Crippen molar-refractivity contribution < 1.29 is 0 Å². The van der Waals surface area contributed by atoms with Crippen LogP contribution in [0.3, 0.4) is 0 Å². The first kappa shape index (κ1) is 17.0. The Morgan fingerprint density at radius 1 is 0.684 bits per heavy atom. The quantitative estimate of drug-likeness (QED) is 0.518. The minimum Gasteiger partial charge on any atom is -0.314 e. The number of nitrogens with one attached hydrogen (secondary N) is 1. The predicted molar refractivity (Wildman–Crippen MR) is 86.7 cm³/mol. The molecule has 1 N–H and O–H groups in total. The molecule has 0 bridgehead atoms. The molecule has 1 nitrogen and oxygen atoms in total. The van der Waals surface area contributed by atoms with E-state index in [1.54, 1.807) is 0 Å². The molecule has 0 amide bonds. The molecule has 0 unspecified atom stereocenters. The number of hydrogen-bond donors (Lipinski definition) is 1. The fourth-order valence-electron chi connectivity index (χ4n) is 3.23. The molecule has 0 heterocycles. The molecule has 0 aromatic rings. The minimum absolute atomic E-state index is 0.832. The minimum atomic E-state index is 0.832. The highest BCUT2D eigenvalue weighted by atomic mass is 14.9. The lowest BCUT2D eigenvalue weighted by Gasteiger charge is -2.17. The molecular weight excluding hydrogens is 230 g/mol. The van der Waals surface area contributed by atoms with Gasteiger partial charge in [0.1, 0.15) is 0 Å².